The normalized spacial score (nSPS) is 10.1. The van der Waals surface area contributed by atoms with Gasteiger partial charge in [-0.25, -0.2) is 13.2 Å². The molecule has 0 spiro atoms. The maximum absolute atomic E-state index is 12.9. The second kappa shape index (κ2) is 5.38. The number of unbranched alkanes of at least 4 members (excludes halogenated alkanes) is 1. The van der Waals surface area contributed by atoms with Gasteiger partial charge in [0.05, 0.1) is 6.61 Å². The molecule has 5 heteroatoms. The van der Waals surface area contributed by atoms with Crippen LogP contribution in [0.15, 0.2) is 12.1 Å². The van der Waals surface area contributed by atoms with Crippen LogP contribution < -0.4 is 4.74 Å². The summed E-state index contributed by atoms with van der Waals surface area (Å²) >= 11 is 0. The second-order valence-electron chi connectivity index (χ2n) is 2.86. The summed E-state index contributed by atoms with van der Waals surface area (Å²) in [6, 6.07) is 1.08. The summed E-state index contributed by atoms with van der Waals surface area (Å²) in [5.41, 5.74) is 0. The molecule has 0 radical (unpaired) electrons. The molecule has 0 aromatic heterocycles. The number of halogens is 3. The van der Waals surface area contributed by atoms with Crippen LogP contribution in [0.2, 0.25) is 0 Å². The standard InChI is InChI=1S/C10H9F3O2/c11-7-5-8(12)10(9(13)6-7)15-4-2-1-3-14/h3,5-6H,1-2,4H2. The number of carbonyl (C=O) groups excluding carboxylic acids is 1. The van der Waals surface area contributed by atoms with Gasteiger partial charge in [-0.15, -0.1) is 0 Å². The van der Waals surface area contributed by atoms with E-state index in [1.807, 2.05) is 0 Å². The first-order valence-corrected chi connectivity index (χ1v) is 4.36. The fraction of sp³-hybridized carbons (Fsp3) is 0.300. The van der Waals surface area contributed by atoms with E-state index in [9.17, 15) is 18.0 Å². The van der Waals surface area contributed by atoms with Gasteiger partial charge in [0.15, 0.2) is 17.4 Å². The monoisotopic (exact) mass is 218 g/mol. The van der Waals surface area contributed by atoms with E-state index < -0.39 is 23.2 Å². The Balaban J connectivity index is 2.64. The van der Waals surface area contributed by atoms with E-state index in [1.165, 1.54) is 0 Å². The van der Waals surface area contributed by atoms with Gasteiger partial charge in [-0.05, 0) is 6.42 Å². The first kappa shape index (κ1) is 11.6. The number of aldehydes is 1. The largest absolute Gasteiger partial charge is 0.488 e. The first-order chi connectivity index (χ1) is 7.15. The SMILES string of the molecule is O=CCCCOc1c(F)cc(F)cc1F. The maximum Gasteiger partial charge on any atom is 0.190 e. The van der Waals surface area contributed by atoms with Gasteiger partial charge >= 0.3 is 0 Å². The lowest BCUT2D eigenvalue weighted by Gasteiger charge is -2.07. The molecule has 0 fully saturated rings. The lowest BCUT2D eigenvalue weighted by Crippen LogP contribution is -2.02. The minimum absolute atomic E-state index is 0.0121. The predicted octanol–water partition coefficient (Wildman–Crippen LogP) is 2.46. The predicted molar refractivity (Wildman–Crippen MR) is 47.1 cm³/mol. The highest BCUT2D eigenvalue weighted by molar-refractivity contribution is 5.49. The molecule has 0 N–H and O–H groups in total. The van der Waals surface area contributed by atoms with Crippen LogP contribution in [-0.2, 0) is 4.79 Å². The molecule has 1 rings (SSSR count). The molecule has 0 aliphatic heterocycles. The van der Waals surface area contributed by atoms with Gasteiger partial charge in [0, 0.05) is 18.6 Å². The molecular weight excluding hydrogens is 209 g/mol. The Hall–Kier alpha value is -1.52. The van der Waals surface area contributed by atoms with Gasteiger partial charge in [0.2, 0.25) is 0 Å². The smallest absolute Gasteiger partial charge is 0.190 e. The van der Waals surface area contributed by atoms with Gasteiger partial charge in [-0.2, -0.15) is 0 Å². The summed E-state index contributed by atoms with van der Waals surface area (Å²) in [7, 11) is 0. The summed E-state index contributed by atoms with van der Waals surface area (Å²) in [4.78, 5) is 9.94. The fourth-order valence-electron chi connectivity index (χ4n) is 1.01. The molecule has 0 atom stereocenters. The average molecular weight is 218 g/mol. The summed E-state index contributed by atoms with van der Waals surface area (Å²) < 4.78 is 43.1. The van der Waals surface area contributed by atoms with Crippen LogP contribution in [0.3, 0.4) is 0 Å². The molecule has 0 aliphatic carbocycles. The minimum Gasteiger partial charge on any atom is -0.488 e. The molecule has 0 unspecified atom stereocenters. The zero-order valence-corrected chi connectivity index (χ0v) is 7.80. The Morgan fingerprint density at radius 2 is 1.80 bits per heavy atom. The third-order valence-electron chi connectivity index (χ3n) is 1.68. The molecule has 0 amide bonds. The molecule has 82 valence electrons. The van der Waals surface area contributed by atoms with Crippen LogP contribution in [-0.4, -0.2) is 12.9 Å². The second-order valence-corrected chi connectivity index (χ2v) is 2.86. The Bertz CT molecular complexity index is 330. The van der Waals surface area contributed by atoms with Crippen LogP contribution in [0.4, 0.5) is 13.2 Å². The molecule has 1 aromatic rings. The van der Waals surface area contributed by atoms with Gasteiger partial charge in [0.25, 0.3) is 0 Å². The summed E-state index contributed by atoms with van der Waals surface area (Å²) in [6.45, 7) is 0.0121. The summed E-state index contributed by atoms with van der Waals surface area (Å²) in [6.07, 6.45) is 1.30. The zero-order chi connectivity index (χ0) is 11.3. The van der Waals surface area contributed by atoms with Gasteiger partial charge < -0.3 is 9.53 Å². The lowest BCUT2D eigenvalue weighted by atomic mass is 10.3. The van der Waals surface area contributed by atoms with Crippen LogP contribution in [0.5, 0.6) is 5.75 Å². The van der Waals surface area contributed by atoms with E-state index in [0.717, 1.165) is 0 Å². The van der Waals surface area contributed by atoms with Crippen molar-refractivity contribution in [3.05, 3.63) is 29.6 Å². The number of ether oxygens (including phenoxy) is 1. The number of carbonyl (C=O) groups is 1. The summed E-state index contributed by atoms with van der Waals surface area (Å²) in [5, 5.41) is 0. The Labute approximate surface area is 84.7 Å². The van der Waals surface area contributed by atoms with Crippen LogP contribution in [0.25, 0.3) is 0 Å². The van der Waals surface area contributed by atoms with Crippen LogP contribution in [0, 0.1) is 17.5 Å². The molecule has 0 aliphatic rings. The van der Waals surface area contributed by atoms with E-state index in [1.54, 1.807) is 0 Å². The van der Waals surface area contributed by atoms with Gasteiger partial charge in [-0.1, -0.05) is 0 Å². The highest BCUT2D eigenvalue weighted by atomic mass is 19.1. The van der Waals surface area contributed by atoms with Crippen molar-refractivity contribution >= 4 is 6.29 Å². The third-order valence-corrected chi connectivity index (χ3v) is 1.68. The van der Waals surface area contributed by atoms with Crippen molar-refractivity contribution in [3.8, 4) is 5.75 Å². The van der Waals surface area contributed by atoms with Gasteiger partial charge in [-0.3, -0.25) is 0 Å². The van der Waals surface area contributed by atoms with Crippen LogP contribution in [0.1, 0.15) is 12.8 Å². The van der Waals surface area contributed by atoms with E-state index in [0.29, 0.717) is 24.8 Å². The number of rotatable bonds is 5. The van der Waals surface area contributed by atoms with E-state index >= 15 is 0 Å². The van der Waals surface area contributed by atoms with Crippen molar-refractivity contribution in [2.75, 3.05) is 6.61 Å². The Morgan fingerprint density at radius 1 is 1.20 bits per heavy atom. The van der Waals surface area contributed by atoms with Crippen molar-refractivity contribution in [1.82, 2.24) is 0 Å². The highest BCUT2D eigenvalue weighted by Gasteiger charge is 2.12. The van der Waals surface area contributed by atoms with E-state index in [-0.39, 0.29) is 13.0 Å². The average Bonchev–Trinajstić information content (AvgIpc) is 2.15. The topological polar surface area (TPSA) is 26.3 Å². The molecule has 0 saturated carbocycles. The molecule has 0 heterocycles. The number of hydrogen-bond acceptors (Lipinski definition) is 2. The zero-order valence-electron chi connectivity index (χ0n) is 7.80. The molecule has 0 bridgehead atoms. The molecule has 1 aromatic carbocycles. The van der Waals surface area contributed by atoms with E-state index in [2.05, 4.69) is 0 Å². The fourth-order valence-corrected chi connectivity index (χ4v) is 1.01. The minimum atomic E-state index is -1.08. The van der Waals surface area contributed by atoms with Crippen molar-refractivity contribution in [1.29, 1.82) is 0 Å². The Morgan fingerprint density at radius 3 is 2.33 bits per heavy atom. The summed E-state index contributed by atoms with van der Waals surface area (Å²) in [5.74, 6) is -3.77. The third kappa shape index (κ3) is 3.27. The lowest BCUT2D eigenvalue weighted by molar-refractivity contribution is -0.108. The van der Waals surface area contributed by atoms with Gasteiger partial charge in [0.1, 0.15) is 12.1 Å². The molecule has 15 heavy (non-hydrogen) atoms. The van der Waals surface area contributed by atoms with Crippen LogP contribution >= 0.6 is 0 Å². The highest BCUT2D eigenvalue weighted by Crippen LogP contribution is 2.22. The van der Waals surface area contributed by atoms with Crippen molar-refractivity contribution < 1.29 is 22.7 Å². The molecular formula is C10H9F3O2. The number of benzene rings is 1. The first-order valence-electron chi connectivity index (χ1n) is 4.36. The quantitative estimate of drug-likeness (QED) is 0.560. The molecule has 2 nitrogen and oxygen atoms in total. The van der Waals surface area contributed by atoms with Crippen molar-refractivity contribution in [3.63, 3.8) is 0 Å². The maximum atomic E-state index is 12.9. The van der Waals surface area contributed by atoms with Crippen molar-refractivity contribution in [2.45, 2.75) is 12.8 Å². The Kier molecular flexibility index (Phi) is 4.15. The molecule has 0 saturated heterocycles. The van der Waals surface area contributed by atoms with Crippen molar-refractivity contribution in [2.24, 2.45) is 0 Å². The van der Waals surface area contributed by atoms with E-state index in [4.69, 9.17) is 4.74 Å². The number of hydrogen-bond donors (Lipinski definition) is 0.